The van der Waals surface area contributed by atoms with Crippen molar-refractivity contribution < 1.29 is 9.47 Å². The molecule has 5 unspecified atom stereocenters. The molecule has 4 fully saturated rings. The molecule has 51 heavy (non-hydrogen) atoms. The third-order valence-electron chi connectivity index (χ3n) is 13.8. The van der Waals surface area contributed by atoms with Crippen molar-refractivity contribution >= 4 is 11.5 Å². The Hall–Kier alpha value is -3.52. The standard InChI is InChI=1S/C43H58N6O2/c1-29-36-21-12-31-9-4-5-10-38(31)42(36)49(44-29)33-15-19-35(20-16-33)51-41(24-28-46-25-6-7-26-46)39-11-8-27-47-40(39)23-22-37-30(2)48(45-43(37)47)32-13-17-34(50-3)18-14-32/h13-20,30-31,37-41H,4-12,21-28H2,1-3H3/t30?,31-,37?,38?,39?,40-,41?/m0/s1. The molecule has 5 heterocycles. The smallest absolute Gasteiger partial charge is 0.130 e. The maximum Gasteiger partial charge on any atom is 0.130 e. The van der Waals surface area contributed by atoms with Crippen LogP contribution in [0.3, 0.4) is 0 Å². The van der Waals surface area contributed by atoms with Crippen LogP contribution in [0, 0.1) is 24.7 Å². The number of amidine groups is 1. The number of hydrogen-bond acceptors (Lipinski definition) is 7. The molecule has 3 saturated heterocycles. The van der Waals surface area contributed by atoms with Crippen molar-refractivity contribution in [2.75, 3.05) is 38.3 Å². The van der Waals surface area contributed by atoms with Crippen molar-refractivity contribution in [1.29, 1.82) is 0 Å². The van der Waals surface area contributed by atoms with Gasteiger partial charge in [0.25, 0.3) is 0 Å². The first-order valence-electron chi connectivity index (χ1n) is 20.4. The van der Waals surface area contributed by atoms with Crippen molar-refractivity contribution in [2.24, 2.45) is 22.9 Å². The van der Waals surface area contributed by atoms with E-state index in [1.807, 2.05) is 0 Å². The fourth-order valence-electron chi connectivity index (χ4n) is 11.1. The molecule has 3 aromatic rings. The second-order valence-corrected chi connectivity index (χ2v) is 16.5. The van der Waals surface area contributed by atoms with E-state index in [0.29, 0.717) is 29.8 Å². The van der Waals surface area contributed by atoms with E-state index in [1.54, 1.807) is 7.11 Å². The Kier molecular flexibility index (Phi) is 9.23. The monoisotopic (exact) mass is 690 g/mol. The van der Waals surface area contributed by atoms with Crippen molar-refractivity contribution in [3.8, 4) is 17.2 Å². The van der Waals surface area contributed by atoms with Gasteiger partial charge >= 0.3 is 0 Å². The summed E-state index contributed by atoms with van der Waals surface area (Å²) in [5.74, 6) is 5.64. The highest BCUT2D eigenvalue weighted by atomic mass is 16.5. The van der Waals surface area contributed by atoms with E-state index in [9.17, 15) is 0 Å². The highest BCUT2D eigenvalue weighted by Crippen LogP contribution is 2.47. The molecule has 0 N–H and O–H groups in total. The highest BCUT2D eigenvalue weighted by Gasteiger charge is 2.48. The van der Waals surface area contributed by atoms with E-state index in [2.05, 4.69) is 81.9 Å². The van der Waals surface area contributed by atoms with Crippen molar-refractivity contribution in [3.05, 3.63) is 65.5 Å². The molecule has 0 radical (unpaired) electrons. The molecule has 272 valence electrons. The van der Waals surface area contributed by atoms with Crippen LogP contribution in [0.5, 0.6) is 11.5 Å². The molecule has 7 atom stereocenters. The lowest BCUT2D eigenvalue weighted by Gasteiger charge is -2.49. The Labute approximate surface area is 305 Å². The number of aromatic nitrogens is 2. The fourth-order valence-corrected chi connectivity index (χ4v) is 11.1. The van der Waals surface area contributed by atoms with E-state index >= 15 is 0 Å². The molecule has 2 aliphatic carbocycles. The Morgan fingerprint density at radius 1 is 0.784 bits per heavy atom. The Balaban J connectivity index is 0.960. The fraction of sp³-hybridized carbons (Fsp3) is 0.628. The van der Waals surface area contributed by atoms with Gasteiger partial charge in [-0.05, 0) is 158 Å². The molecule has 9 rings (SSSR count). The van der Waals surface area contributed by atoms with Gasteiger partial charge in [0.05, 0.1) is 35.9 Å². The number of piperidine rings is 2. The average Bonchev–Trinajstić information content (AvgIpc) is 3.91. The first kappa shape index (κ1) is 33.3. The number of aryl methyl sites for hydroxylation is 1. The SMILES string of the molecule is COc1ccc(N2N=C3C(CC[C@H]4C(C(CCN5CCCC5)Oc5ccc(-n6nc(C)c7c6C6CCCC[C@H]6CC7)cc5)CCCN34)C2C)cc1. The number of methoxy groups -OCH3 is 1. The van der Waals surface area contributed by atoms with E-state index in [4.69, 9.17) is 19.7 Å². The predicted octanol–water partition coefficient (Wildman–Crippen LogP) is 8.36. The summed E-state index contributed by atoms with van der Waals surface area (Å²) in [5, 5.41) is 12.8. The average molecular weight is 691 g/mol. The Morgan fingerprint density at radius 2 is 1.55 bits per heavy atom. The van der Waals surface area contributed by atoms with Gasteiger partial charge in [-0.15, -0.1) is 0 Å². The predicted molar refractivity (Wildman–Crippen MR) is 204 cm³/mol. The largest absolute Gasteiger partial charge is 0.497 e. The number of hydrogen-bond donors (Lipinski definition) is 0. The van der Waals surface area contributed by atoms with Gasteiger partial charge in [0.2, 0.25) is 0 Å². The van der Waals surface area contributed by atoms with Crippen molar-refractivity contribution in [1.82, 2.24) is 19.6 Å². The van der Waals surface area contributed by atoms with Crippen LogP contribution in [-0.2, 0) is 6.42 Å². The van der Waals surface area contributed by atoms with Crippen LogP contribution >= 0.6 is 0 Å². The molecule has 0 spiro atoms. The number of benzene rings is 2. The first-order valence-corrected chi connectivity index (χ1v) is 20.4. The molecule has 1 saturated carbocycles. The van der Waals surface area contributed by atoms with E-state index in [0.717, 1.165) is 42.6 Å². The van der Waals surface area contributed by atoms with Crippen LogP contribution in [0.4, 0.5) is 5.69 Å². The van der Waals surface area contributed by atoms with Gasteiger partial charge in [0, 0.05) is 36.9 Å². The summed E-state index contributed by atoms with van der Waals surface area (Å²) in [7, 11) is 1.73. The normalized spacial score (nSPS) is 29.5. The summed E-state index contributed by atoms with van der Waals surface area (Å²) in [4.78, 5) is 5.37. The molecule has 4 aliphatic heterocycles. The van der Waals surface area contributed by atoms with Gasteiger partial charge in [-0.25, -0.2) is 4.68 Å². The molecular weight excluding hydrogens is 633 g/mol. The zero-order valence-electron chi connectivity index (χ0n) is 31.2. The summed E-state index contributed by atoms with van der Waals surface area (Å²) < 4.78 is 14.9. The third-order valence-corrected chi connectivity index (χ3v) is 13.8. The lowest BCUT2D eigenvalue weighted by atomic mass is 9.70. The van der Waals surface area contributed by atoms with Crippen LogP contribution in [0.2, 0.25) is 0 Å². The van der Waals surface area contributed by atoms with Gasteiger partial charge < -0.3 is 19.3 Å². The summed E-state index contributed by atoms with van der Waals surface area (Å²) in [6.45, 7) is 9.26. The highest BCUT2D eigenvalue weighted by molar-refractivity contribution is 5.90. The Bertz CT molecular complexity index is 1690. The summed E-state index contributed by atoms with van der Waals surface area (Å²) >= 11 is 0. The third kappa shape index (κ3) is 6.23. The summed E-state index contributed by atoms with van der Waals surface area (Å²) in [6, 6.07) is 18.2. The second kappa shape index (κ2) is 14.1. The zero-order chi connectivity index (χ0) is 34.5. The van der Waals surface area contributed by atoms with Crippen molar-refractivity contribution in [3.63, 3.8) is 0 Å². The number of likely N-dealkylation sites (tertiary alicyclic amines) is 1. The maximum atomic E-state index is 7.16. The molecule has 8 heteroatoms. The summed E-state index contributed by atoms with van der Waals surface area (Å²) in [5.41, 5.74) is 6.58. The van der Waals surface area contributed by atoms with Crippen LogP contribution in [0.15, 0.2) is 53.6 Å². The quantitative estimate of drug-likeness (QED) is 0.225. The van der Waals surface area contributed by atoms with Crippen LogP contribution in [-0.4, -0.2) is 76.9 Å². The number of nitrogens with zero attached hydrogens (tertiary/aromatic N) is 6. The van der Waals surface area contributed by atoms with Crippen LogP contribution in [0.1, 0.15) is 107 Å². The summed E-state index contributed by atoms with van der Waals surface area (Å²) in [6.07, 6.45) is 16.7. The number of hydrazone groups is 1. The molecule has 0 bridgehead atoms. The van der Waals surface area contributed by atoms with Crippen molar-refractivity contribution in [2.45, 2.75) is 121 Å². The van der Waals surface area contributed by atoms with E-state index in [1.165, 1.54) is 119 Å². The molecule has 8 nitrogen and oxygen atoms in total. The lowest BCUT2D eigenvalue weighted by Crippen LogP contribution is -2.57. The van der Waals surface area contributed by atoms with Gasteiger partial charge in [0.15, 0.2) is 0 Å². The number of ether oxygens (including phenoxy) is 2. The Morgan fingerprint density at radius 3 is 2.35 bits per heavy atom. The molecule has 1 aromatic heterocycles. The zero-order valence-corrected chi connectivity index (χ0v) is 31.2. The van der Waals surface area contributed by atoms with Crippen LogP contribution in [0.25, 0.3) is 5.69 Å². The molecule has 6 aliphatic rings. The first-order chi connectivity index (χ1) is 25.1. The van der Waals surface area contributed by atoms with Gasteiger partial charge in [-0.2, -0.15) is 10.2 Å². The number of anilines is 1. The van der Waals surface area contributed by atoms with Gasteiger partial charge in [0.1, 0.15) is 23.4 Å². The van der Waals surface area contributed by atoms with E-state index in [-0.39, 0.29) is 6.10 Å². The second-order valence-electron chi connectivity index (χ2n) is 16.5. The minimum absolute atomic E-state index is 0.181. The maximum absolute atomic E-state index is 7.16. The van der Waals surface area contributed by atoms with Gasteiger partial charge in [-0.1, -0.05) is 12.8 Å². The minimum Gasteiger partial charge on any atom is -0.497 e. The lowest BCUT2D eigenvalue weighted by molar-refractivity contribution is 0.0244. The molecular formula is C43H58N6O2. The van der Waals surface area contributed by atoms with Crippen LogP contribution < -0.4 is 14.5 Å². The topological polar surface area (TPSA) is 58.4 Å². The molecule has 2 aromatic carbocycles. The molecule has 0 amide bonds. The number of rotatable bonds is 9. The number of fused-ring (bicyclic) bond motifs is 6. The minimum atomic E-state index is 0.181. The van der Waals surface area contributed by atoms with E-state index < -0.39 is 0 Å². The van der Waals surface area contributed by atoms with Gasteiger partial charge in [-0.3, -0.25) is 5.01 Å².